The van der Waals surface area contributed by atoms with E-state index >= 15 is 0 Å². The van der Waals surface area contributed by atoms with Crippen LogP contribution in [0.15, 0.2) is 18.2 Å². The number of unbranched alkanes of at least 4 members (excludes halogenated alkanes) is 1. The molecule has 5 heteroatoms. The molecule has 2 N–H and O–H groups in total. The van der Waals surface area contributed by atoms with Gasteiger partial charge in [-0.3, -0.25) is 4.79 Å². The molecule has 1 unspecified atom stereocenters. The van der Waals surface area contributed by atoms with E-state index in [1.807, 2.05) is 0 Å². The molecule has 0 bridgehead atoms. The zero-order valence-electron chi connectivity index (χ0n) is 12.0. The molecule has 0 aliphatic carbocycles. The molecule has 0 fully saturated rings. The van der Waals surface area contributed by atoms with E-state index in [1.165, 1.54) is 13.2 Å². The number of ether oxygens (including phenoxy) is 2. The maximum absolute atomic E-state index is 13.8. The van der Waals surface area contributed by atoms with Crippen molar-refractivity contribution in [1.82, 2.24) is 0 Å². The van der Waals surface area contributed by atoms with Crippen molar-refractivity contribution in [3.05, 3.63) is 29.6 Å². The molecule has 20 heavy (non-hydrogen) atoms. The lowest BCUT2D eigenvalue weighted by atomic mass is 10.0. The van der Waals surface area contributed by atoms with E-state index in [2.05, 4.69) is 0 Å². The van der Waals surface area contributed by atoms with Crippen molar-refractivity contribution in [2.24, 2.45) is 5.73 Å². The van der Waals surface area contributed by atoms with Crippen LogP contribution in [0.5, 0.6) is 5.75 Å². The third kappa shape index (κ3) is 5.17. The predicted octanol–water partition coefficient (Wildman–Crippen LogP) is 2.96. The number of nitrogens with two attached hydrogens (primary N) is 1. The Kier molecular flexibility index (Phi) is 7.01. The van der Waals surface area contributed by atoms with Crippen molar-refractivity contribution in [1.29, 1.82) is 0 Å². The highest BCUT2D eigenvalue weighted by molar-refractivity contribution is 5.69. The Hall–Kier alpha value is -1.62. The van der Waals surface area contributed by atoms with Crippen LogP contribution in [0.2, 0.25) is 0 Å². The van der Waals surface area contributed by atoms with Crippen LogP contribution in [0.4, 0.5) is 4.39 Å². The minimum Gasteiger partial charge on any atom is -0.497 e. The Balaban J connectivity index is 2.39. The van der Waals surface area contributed by atoms with Gasteiger partial charge in [0.2, 0.25) is 0 Å². The predicted molar refractivity (Wildman–Crippen MR) is 75.0 cm³/mol. The van der Waals surface area contributed by atoms with Gasteiger partial charge in [-0.05, 0) is 25.8 Å². The summed E-state index contributed by atoms with van der Waals surface area (Å²) in [7, 11) is 1.49. The molecule has 1 aromatic carbocycles. The Morgan fingerprint density at radius 1 is 1.40 bits per heavy atom. The molecule has 0 aliphatic rings. The van der Waals surface area contributed by atoms with Gasteiger partial charge in [-0.2, -0.15) is 0 Å². The summed E-state index contributed by atoms with van der Waals surface area (Å²) in [5.41, 5.74) is 6.44. The van der Waals surface area contributed by atoms with Crippen LogP contribution in [-0.4, -0.2) is 19.7 Å². The van der Waals surface area contributed by atoms with Crippen LogP contribution in [0.3, 0.4) is 0 Å². The number of hydrogen-bond donors (Lipinski definition) is 1. The zero-order chi connectivity index (χ0) is 15.0. The molecule has 0 aliphatic heterocycles. The van der Waals surface area contributed by atoms with Crippen LogP contribution in [-0.2, 0) is 9.53 Å². The molecule has 0 saturated heterocycles. The average molecular weight is 283 g/mol. The maximum atomic E-state index is 13.8. The first-order chi connectivity index (χ1) is 9.58. The lowest BCUT2D eigenvalue weighted by molar-refractivity contribution is -0.143. The highest BCUT2D eigenvalue weighted by Gasteiger charge is 2.12. The maximum Gasteiger partial charge on any atom is 0.305 e. The first-order valence-corrected chi connectivity index (χ1v) is 6.83. The first kappa shape index (κ1) is 16.4. The topological polar surface area (TPSA) is 61.5 Å². The van der Waals surface area contributed by atoms with Crippen LogP contribution >= 0.6 is 0 Å². The van der Waals surface area contributed by atoms with Crippen LogP contribution in [0, 0.1) is 5.82 Å². The average Bonchev–Trinajstić information content (AvgIpc) is 2.43. The van der Waals surface area contributed by atoms with Crippen molar-refractivity contribution < 1.29 is 18.7 Å². The number of esters is 1. The van der Waals surface area contributed by atoms with E-state index in [4.69, 9.17) is 15.2 Å². The minimum atomic E-state index is -0.372. The molecule has 0 aromatic heterocycles. The fraction of sp³-hybridized carbons (Fsp3) is 0.533. The third-order valence-electron chi connectivity index (χ3n) is 3.06. The van der Waals surface area contributed by atoms with E-state index in [-0.39, 0.29) is 17.8 Å². The molecule has 112 valence electrons. The van der Waals surface area contributed by atoms with E-state index < -0.39 is 0 Å². The summed E-state index contributed by atoms with van der Waals surface area (Å²) in [5, 5.41) is 0. The van der Waals surface area contributed by atoms with Gasteiger partial charge in [0, 0.05) is 24.1 Å². The minimum absolute atomic E-state index is 0.198. The van der Waals surface area contributed by atoms with Gasteiger partial charge in [-0.15, -0.1) is 0 Å². The largest absolute Gasteiger partial charge is 0.497 e. The standard InChI is InChI=1S/C15H22FNO3/c1-3-20-15(18)7-5-4-6-14(17)12-9-8-11(19-2)10-13(12)16/h8-10,14H,3-7,17H2,1-2H3. The Morgan fingerprint density at radius 2 is 2.15 bits per heavy atom. The van der Waals surface area contributed by atoms with Crippen molar-refractivity contribution >= 4 is 5.97 Å². The smallest absolute Gasteiger partial charge is 0.305 e. The molecule has 0 heterocycles. The third-order valence-corrected chi connectivity index (χ3v) is 3.06. The number of benzene rings is 1. The monoisotopic (exact) mass is 283 g/mol. The van der Waals surface area contributed by atoms with Crippen LogP contribution in [0.25, 0.3) is 0 Å². The van der Waals surface area contributed by atoms with Gasteiger partial charge >= 0.3 is 5.97 Å². The van der Waals surface area contributed by atoms with Crippen molar-refractivity contribution in [2.45, 2.75) is 38.6 Å². The summed E-state index contributed by atoms with van der Waals surface area (Å²) in [6.07, 6.45) is 2.46. The second-order valence-electron chi connectivity index (χ2n) is 4.54. The van der Waals surface area contributed by atoms with Crippen LogP contribution in [0.1, 0.15) is 44.2 Å². The normalized spacial score (nSPS) is 12.0. The highest BCUT2D eigenvalue weighted by Crippen LogP contribution is 2.23. The summed E-state index contributed by atoms with van der Waals surface area (Å²) >= 11 is 0. The number of carbonyl (C=O) groups is 1. The number of methoxy groups -OCH3 is 1. The van der Waals surface area contributed by atoms with Gasteiger partial charge in [-0.1, -0.05) is 12.5 Å². The summed E-state index contributed by atoms with van der Waals surface area (Å²) in [6.45, 7) is 2.18. The molecule has 4 nitrogen and oxygen atoms in total. The second kappa shape index (κ2) is 8.53. The molecular formula is C15H22FNO3. The highest BCUT2D eigenvalue weighted by atomic mass is 19.1. The van der Waals surface area contributed by atoms with Gasteiger partial charge in [0.1, 0.15) is 11.6 Å². The SMILES string of the molecule is CCOC(=O)CCCCC(N)c1ccc(OC)cc1F. The molecule has 1 aromatic rings. The summed E-state index contributed by atoms with van der Waals surface area (Å²) in [4.78, 5) is 11.2. The van der Waals surface area contributed by atoms with Gasteiger partial charge in [0.05, 0.1) is 13.7 Å². The van der Waals surface area contributed by atoms with E-state index in [0.29, 0.717) is 37.2 Å². The first-order valence-electron chi connectivity index (χ1n) is 6.83. The van der Waals surface area contributed by atoms with Crippen molar-refractivity contribution in [3.8, 4) is 5.75 Å². The fourth-order valence-corrected chi connectivity index (χ4v) is 1.96. The second-order valence-corrected chi connectivity index (χ2v) is 4.54. The number of carbonyl (C=O) groups excluding carboxylic acids is 1. The molecule has 0 radical (unpaired) electrons. The van der Waals surface area contributed by atoms with Crippen molar-refractivity contribution in [3.63, 3.8) is 0 Å². The Bertz CT molecular complexity index is 437. The molecule has 0 spiro atoms. The van der Waals surface area contributed by atoms with Gasteiger partial charge in [0.15, 0.2) is 0 Å². The van der Waals surface area contributed by atoms with Gasteiger partial charge in [0.25, 0.3) is 0 Å². The lowest BCUT2D eigenvalue weighted by Gasteiger charge is -2.13. The van der Waals surface area contributed by atoms with E-state index in [1.54, 1.807) is 19.1 Å². The molecule has 1 rings (SSSR count). The fourth-order valence-electron chi connectivity index (χ4n) is 1.96. The quantitative estimate of drug-likeness (QED) is 0.588. The number of hydrogen-bond acceptors (Lipinski definition) is 4. The van der Waals surface area contributed by atoms with E-state index in [0.717, 1.165) is 6.42 Å². The van der Waals surface area contributed by atoms with Gasteiger partial charge in [-0.25, -0.2) is 4.39 Å². The van der Waals surface area contributed by atoms with Gasteiger partial charge < -0.3 is 15.2 Å². The molecule has 1 atom stereocenters. The number of rotatable bonds is 8. The Labute approximate surface area is 119 Å². The zero-order valence-corrected chi connectivity index (χ0v) is 12.0. The van der Waals surface area contributed by atoms with E-state index in [9.17, 15) is 9.18 Å². The van der Waals surface area contributed by atoms with Crippen LogP contribution < -0.4 is 10.5 Å². The Morgan fingerprint density at radius 3 is 2.75 bits per heavy atom. The molecule has 0 amide bonds. The lowest BCUT2D eigenvalue weighted by Crippen LogP contribution is -2.12. The molecular weight excluding hydrogens is 261 g/mol. The summed E-state index contributed by atoms with van der Waals surface area (Å²) in [5.74, 6) is -0.0836. The number of halogens is 1. The molecule has 0 saturated carbocycles. The van der Waals surface area contributed by atoms with Crippen molar-refractivity contribution in [2.75, 3.05) is 13.7 Å². The summed E-state index contributed by atoms with van der Waals surface area (Å²) in [6, 6.07) is 4.29. The summed E-state index contributed by atoms with van der Waals surface area (Å²) < 4.78 is 23.6.